The predicted octanol–water partition coefficient (Wildman–Crippen LogP) is 3.78. The van der Waals surface area contributed by atoms with E-state index in [1.165, 1.54) is 5.56 Å². The van der Waals surface area contributed by atoms with E-state index in [-0.39, 0.29) is 17.9 Å². The zero-order valence-electron chi connectivity index (χ0n) is 15.7. The van der Waals surface area contributed by atoms with Crippen LogP contribution in [-0.4, -0.2) is 31.0 Å². The molecule has 1 heterocycles. The van der Waals surface area contributed by atoms with E-state index in [2.05, 4.69) is 34.5 Å². The molecule has 1 amide bonds. The summed E-state index contributed by atoms with van der Waals surface area (Å²) in [6.07, 6.45) is 2.04. The molecule has 0 aliphatic carbocycles. The van der Waals surface area contributed by atoms with Gasteiger partial charge in [0, 0.05) is 13.1 Å². The molecule has 4 nitrogen and oxygen atoms in total. The van der Waals surface area contributed by atoms with Gasteiger partial charge in [0.1, 0.15) is 5.75 Å². The van der Waals surface area contributed by atoms with Crippen molar-refractivity contribution < 1.29 is 9.53 Å². The molecule has 1 fully saturated rings. The molecule has 2 aromatic carbocycles. The minimum absolute atomic E-state index is 0.00194. The number of hydrogen-bond donors (Lipinski definition) is 1. The third kappa shape index (κ3) is 4.85. The van der Waals surface area contributed by atoms with Crippen molar-refractivity contribution >= 4 is 5.91 Å². The van der Waals surface area contributed by atoms with Gasteiger partial charge in [0.25, 0.3) is 0 Å². The van der Waals surface area contributed by atoms with Gasteiger partial charge in [-0.3, -0.25) is 9.69 Å². The van der Waals surface area contributed by atoms with E-state index in [9.17, 15) is 4.79 Å². The number of nitrogens with zero attached hydrogens (tertiary/aromatic N) is 1. The highest BCUT2D eigenvalue weighted by atomic mass is 16.5. The Morgan fingerprint density at radius 1 is 1.19 bits per heavy atom. The molecule has 1 saturated heterocycles. The topological polar surface area (TPSA) is 41.6 Å². The number of benzene rings is 2. The summed E-state index contributed by atoms with van der Waals surface area (Å²) >= 11 is 0. The maximum Gasteiger partial charge on any atom is 0.224 e. The van der Waals surface area contributed by atoms with Gasteiger partial charge >= 0.3 is 0 Å². The first-order valence-electron chi connectivity index (χ1n) is 9.36. The van der Waals surface area contributed by atoms with Gasteiger partial charge in [0.15, 0.2) is 0 Å². The number of carbonyl (C=O) groups excluding carboxylic acids is 1. The van der Waals surface area contributed by atoms with E-state index >= 15 is 0 Å². The number of amides is 1. The van der Waals surface area contributed by atoms with E-state index in [0.29, 0.717) is 0 Å². The van der Waals surface area contributed by atoms with Crippen LogP contribution in [0.3, 0.4) is 0 Å². The number of likely N-dealkylation sites (tertiary alicyclic amines) is 1. The SMILES string of the molecule is COc1ccc(C(C)NC(=O)C2CCCN(Cc3ccccc3)C2)cc1. The predicted molar refractivity (Wildman–Crippen MR) is 104 cm³/mol. The minimum atomic E-state index is -0.00194. The van der Waals surface area contributed by atoms with Crippen LogP contribution in [0.2, 0.25) is 0 Å². The van der Waals surface area contributed by atoms with Crippen molar-refractivity contribution in [1.82, 2.24) is 10.2 Å². The summed E-state index contributed by atoms with van der Waals surface area (Å²) in [5.41, 5.74) is 2.40. The maximum absolute atomic E-state index is 12.7. The van der Waals surface area contributed by atoms with Crippen LogP contribution in [0.15, 0.2) is 54.6 Å². The number of hydrogen-bond acceptors (Lipinski definition) is 3. The highest BCUT2D eigenvalue weighted by molar-refractivity contribution is 5.79. The van der Waals surface area contributed by atoms with E-state index < -0.39 is 0 Å². The van der Waals surface area contributed by atoms with Gasteiger partial charge in [-0.15, -0.1) is 0 Å². The Hall–Kier alpha value is -2.33. The van der Waals surface area contributed by atoms with Crippen LogP contribution < -0.4 is 10.1 Å². The minimum Gasteiger partial charge on any atom is -0.497 e. The first-order chi connectivity index (χ1) is 12.7. The van der Waals surface area contributed by atoms with Gasteiger partial charge < -0.3 is 10.1 Å². The van der Waals surface area contributed by atoms with Gasteiger partial charge in [-0.2, -0.15) is 0 Å². The van der Waals surface area contributed by atoms with Crippen LogP contribution in [0.4, 0.5) is 0 Å². The number of piperidine rings is 1. The molecule has 1 aliphatic heterocycles. The third-order valence-electron chi connectivity index (χ3n) is 5.10. The zero-order valence-corrected chi connectivity index (χ0v) is 15.7. The lowest BCUT2D eigenvalue weighted by atomic mass is 9.96. The molecule has 26 heavy (non-hydrogen) atoms. The quantitative estimate of drug-likeness (QED) is 0.860. The molecule has 3 rings (SSSR count). The Balaban J connectivity index is 1.54. The highest BCUT2D eigenvalue weighted by Gasteiger charge is 2.26. The molecular formula is C22H28N2O2. The Morgan fingerprint density at radius 3 is 2.62 bits per heavy atom. The molecule has 0 aromatic heterocycles. The van der Waals surface area contributed by atoms with Crippen molar-refractivity contribution in [2.45, 2.75) is 32.4 Å². The first kappa shape index (κ1) is 18.5. The van der Waals surface area contributed by atoms with E-state index in [1.54, 1.807) is 7.11 Å². The number of nitrogens with one attached hydrogen (secondary N) is 1. The molecule has 0 saturated carbocycles. The molecule has 2 atom stereocenters. The van der Waals surface area contributed by atoms with Crippen molar-refractivity contribution in [2.24, 2.45) is 5.92 Å². The fraction of sp³-hybridized carbons (Fsp3) is 0.409. The molecule has 138 valence electrons. The van der Waals surface area contributed by atoms with Crippen LogP contribution in [0, 0.1) is 5.92 Å². The van der Waals surface area contributed by atoms with Gasteiger partial charge in [-0.05, 0) is 49.6 Å². The summed E-state index contributed by atoms with van der Waals surface area (Å²) in [5, 5.41) is 3.18. The van der Waals surface area contributed by atoms with Crippen molar-refractivity contribution in [2.75, 3.05) is 20.2 Å². The van der Waals surface area contributed by atoms with Crippen LogP contribution in [0.5, 0.6) is 5.75 Å². The second kappa shape index (κ2) is 8.86. The van der Waals surface area contributed by atoms with E-state index in [1.807, 2.05) is 37.3 Å². The van der Waals surface area contributed by atoms with Gasteiger partial charge in [0.2, 0.25) is 5.91 Å². The van der Waals surface area contributed by atoms with E-state index in [0.717, 1.165) is 43.8 Å². The number of ether oxygens (including phenoxy) is 1. The van der Waals surface area contributed by atoms with Crippen molar-refractivity contribution in [3.63, 3.8) is 0 Å². The normalized spacial score (nSPS) is 18.9. The average Bonchev–Trinajstić information content (AvgIpc) is 2.69. The third-order valence-corrected chi connectivity index (χ3v) is 5.10. The fourth-order valence-corrected chi connectivity index (χ4v) is 3.56. The Morgan fingerprint density at radius 2 is 1.92 bits per heavy atom. The molecule has 4 heteroatoms. The van der Waals surface area contributed by atoms with Crippen molar-refractivity contribution in [3.8, 4) is 5.75 Å². The maximum atomic E-state index is 12.7. The van der Waals surface area contributed by atoms with Gasteiger partial charge in [0.05, 0.1) is 19.1 Å². The Labute approximate surface area is 156 Å². The summed E-state index contributed by atoms with van der Waals surface area (Å²) in [5.74, 6) is 1.05. The smallest absolute Gasteiger partial charge is 0.224 e. The van der Waals surface area contributed by atoms with Crippen LogP contribution in [-0.2, 0) is 11.3 Å². The standard InChI is InChI=1S/C22H28N2O2/c1-17(19-10-12-21(26-2)13-11-19)23-22(25)20-9-6-14-24(16-20)15-18-7-4-3-5-8-18/h3-5,7-8,10-13,17,20H,6,9,14-16H2,1-2H3,(H,23,25). The number of rotatable bonds is 6. The zero-order chi connectivity index (χ0) is 18.4. The summed E-state index contributed by atoms with van der Waals surface area (Å²) in [6.45, 7) is 4.84. The molecule has 1 aliphatic rings. The largest absolute Gasteiger partial charge is 0.497 e. The summed E-state index contributed by atoms with van der Waals surface area (Å²) in [7, 11) is 1.66. The number of carbonyl (C=O) groups is 1. The molecular weight excluding hydrogens is 324 g/mol. The summed E-state index contributed by atoms with van der Waals surface area (Å²) < 4.78 is 5.19. The molecule has 0 radical (unpaired) electrons. The lowest BCUT2D eigenvalue weighted by Gasteiger charge is -2.32. The lowest BCUT2D eigenvalue weighted by molar-refractivity contribution is -0.127. The summed E-state index contributed by atoms with van der Waals surface area (Å²) in [6, 6.07) is 18.3. The molecule has 0 bridgehead atoms. The molecule has 0 spiro atoms. The Kier molecular flexibility index (Phi) is 6.29. The molecule has 2 unspecified atom stereocenters. The lowest BCUT2D eigenvalue weighted by Crippen LogP contribution is -2.43. The molecule has 1 N–H and O–H groups in total. The fourth-order valence-electron chi connectivity index (χ4n) is 3.56. The van der Waals surface area contributed by atoms with Crippen molar-refractivity contribution in [3.05, 3.63) is 65.7 Å². The van der Waals surface area contributed by atoms with Crippen LogP contribution in [0.25, 0.3) is 0 Å². The second-order valence-corrected chi connectivity index (χ2v) is 7.06. The monoisotopic (exact) mass is 352 g/mol. The van der Waals surface area contributed by atoms with Gasteiger partial charge in [-0.1, -0.05) is 42.5 Å². The Bertz CT molecular complexity index is 700. The second-order valence-electron chi connectivity index (χ2n) is 7.06. The van der Waals surface area contributed by atoms with Crippen LogP contribution >= 0.6 is 0 Å². The number of methoxy groups -OCH3 is 1. The van der Waals surface area contributed by atoms with E-state index in [4.69, 9.17) is 4.74 Å². The van der Waals surface area contributed by atoms with Gasteiger partial charge in [-0.25, -0.2) is 0 Å². The molecule has 2 aromatic rings. The van der Waals surface area contributed by atoms with Crippen LogP contribution in [0.1, 0.15) is 36.9 Å². The first-order valence-corrected chi connectivity index (χ1v) is 9.36. The van der Waals surface area contributed by atoms with Crippen molar-refractivity contribution in [1.29, 1.82) is 0 Å². The summed E-state index contributed by atoms with van der Waals surface area (Å²) in [4.78, 5) is 15.1. The average molecular weight is 352 g/mol. The highest BCUT2D eigenvalue weighted by Crippen LogP contribution is 2.21.